The summed E-state index contributed by atoms with van der Waals surface area (Å²) in [6.07, 6.45) is 0. The number of carbonyl (C=O) groups excluding carboxylic acids is 4. The molecule has 2 aromatic carbocycles. The summed E-state index contributed by atoms with van der Waals surface area (Å²) in [6.45, 7) is 4.41. The van der Waals surface area contributed by atoms with Crippen LogP contribution >= 0.6 is 46.4 Å². The third-order valence-corrected chi connectivity index (χ3v) is 6.66. The van der Waals surface area contributed by atoms with Gasteiger partial charge in [0.15, 0.2) is 6.61 Å². The van der Waals surface area contributed by atoms with Crippen LogP contribution in [0.5, 0.6) is 0 Å². The van der Waals surface area contributed by atoms with E-state index in [1.54, 1.807) is 6.07 Å². The Morgan fingerprint density at radius 3 is 2.00 bits per heavy atom. The predicted octanol–water partition coefficient (Wildman–Crippen LogP) is 5.08. The highest BCUT2D eigenvalue weighted by molar-refractivity contribution is 6.55. The van der Waals surface area contributed by atoms with Crippen LogP contribution in [0.4, 0.5) is 5.69 Å². The number of benzene rings is 2. The second kappa shape index (κ2) is 9.27. The molecule has 11 heteroatoms. The summed E-state index contributed by atoms with van der Waals surface area (Å²) in [6, 6.07) is 4.09. The van der Waals surface area contributed by atoms with Gasteiger partial charge in [-0.25, -0.2) is 4.79 Å². The minimum absolute atomic E-state index is 0.182. The van der Waals surface area contributed by atoms with E-state index in [4.69, 9.17) is 51.1 Å². The van der Waals surface area contributed by atoms with Crippen LogP contribution in [0.15, 0.2) is 18.2 Å². The Balaban J connectivity index is 1.71. The van der Waals surface area contributed by atoms with Crippen molar-refractivity contribution in [1.82, 2.24) is 4.90 Å². The molecule has 3 amide bonds. The standard InChI is InChI=1S/C21H16Cl4N2O5/c1-8-4-5-11(9(2)6-8)26-12(28)7-32-21(31)10(3)27-19(29)13-14(20(27)30)16(23)18(25)17(24)15(13)22/h4-6,10H,7H2,1-3H3,(H,26,28)/t10-/m0/s1. The minimum atomic E-state index is -1.36. The fraction of sp³-hybridized carbons (Fsp3) is 0.238. The highest BCUT2D eigenvalue weighted by atomic mass is 35.5. The van der Waals surface area contributed by atoms with Crippen molar-refractivity contribution in [1.29, 1.82) is 0 Å². The van der Waals surface area contributed by atoms with Gasteiger partial charge in [-0.05, 0) is 32.4 Å². The van der Waals surface area contributed by atoms with E-state index in [1.807, 2.05) is 26.0 Å². The van der Waals surface area contributed by atoms with Gasteiger partial charge in [-0.15, -0.1) is 0 Å². The number of nitrogens with zero attached hydrogens (tertiary/aromatic N) is 1. The molecule has 1 N–H and O–H groups in total. The molecule has 0 radical (unpaired) electrons. The molecule has 0 aliphatic carbocycles. The molecule has 0 fully saturated rings. The second-order valence-corrected chi connectivity index (χ2v) is 8.65. The first-order valence-electron chi connectivity index (χ1n) is 9.23. The number of imide groups is 1. The largest absolute Gasteiger partial charge is 0.454 e. The molecule has 0 saturated heterocycles. The third-order valence-electron chi connectivity index (χ3n) is 4.86. The lowest BCUT2D eigenvalue weighted by atomic mass is 10.1. The molecule has 32 heavy (non-hydrogen) atoms. The number of carbonyl (C=O) groups is 4. The number of anilines is 1. The highest BCUT2D eigenvalue weighted by Crippen LogP contribution is 2.45. The van der Waals surface area contributed by atoms with Crippen molar-refractivity contribution >= 4 is 75.8 Å². The summed E-state index contributed by atoms with van der Waals surface area (Å²) in [7, 11) is 0. The van der Waals surface area contributed by atoms with Crippen LogP contribution in [0.1, 0.15) is 38.8 Å². The number of fused-ring (bicyclic) bond motifs is 1. The van der Waals surface area contributed by atoms with Crippen molar-refractivity contribution in [3.05, 3.63) is 60.5 Å². The first kappa shape index (κ1) is 24.3. The van der Waals surface area contributed by atoms with Gasteiger partial charge in [-0.2, -0.15) is 0 Å². The number of amides is 3. The summed E-state index contributed by atoms with van der Waals surface area (Å²) >= 11 is 24.1. The molecular weight excluding hydrogens is 502 g/mol. The number of esters is 1. The number of nitrogens with one attached hydrogen (secondary N) is 1. The monoisotopic (exact) mass is 516 g/mol. The van der Waals surface area contributed by atoms with Crippen molar-refractivity contribution in [2.24, 2.45) is 0 Å². The number of rotatable bonds is 5. The summed E-state index contributed by atoms with van der Waals surface area (Å²) in [5.41, 5.74) is 1.95. The maximum Gasteiger partial charge on any atom is 0.329 e. The fourth-order valence-electron chi connectivity index (χ4n) is 3.22. The third kappa shape index (κ3) is 4.30. The molecule has 1 aliphatic heterocycles. The van der Waals surface area contributed by atoms with Crippen molar-refractivity contribution in [3.8, 4) is 0 Å². The van der Waals surface area contributed by atoms with E-state index in [-0.39, 0.29) is 31.2 Å². The van der Waals surface area contributed by atoms with Gasteiger partial charge in [0, 0.05) is 5.69 Å². The van der Waals surface area contributed by atoms with Gasteiger partial charge in [0.05, 0.1) is 31.2 Å². The molecular formula is C21H16Cl4N2O5. The Kier molecular flexibility index (Phi) is 7.05. The zero-order valence-electron chi connectivity index (χ0n) is 17.0. The fourth-order valence-corrected chi connectivity index (χ4v) is 4.24. The quantitative estimate of drug-likeness (QED) is 0.258. The molecule has 1 heterocycles. The van der Waals surface area contributed by atoms with Crippen molar-refractivity contribution < 1.29 is 23.9 Å². The zero-order valence-corrected chi connectivity index (χ0v) is 20.0. The average Bonchev–Trinajstić information content (AvgIpc) is 3.00. The Morgan fingerprint density at radius 2 is 1.50 bits per heavy atom. The van der Waals surface area contributed by atoms with Crippen LogP contribution in [0, 0.1) is 13.8 Å². The summed E-state index contributed by atoms with van der Waals surface area (Å²) in [5, 5.41) is 1.78. The van der Waals surface area contributed by atoms with Crippen LogP contribution in [0.25, 0.3) is 0 Å². The Hall–Kier alpha value is -2.32. The SMILES string of the molecule is Cc1ccc(NC(=O)COC(=O)[C@H](C)N2C(=O)c3c(Cl)c(Cl)c(Cl)c(Cl)c3C2=O)c(C)c1. The van der Waals surface area contributed by atoms with Gasteiger partial charge in [0.25, 0.3) is 17.7 Å². The van der Waals surface area contributed by atoms with Gasteiger partial charge < -0.3 is 10.1 Å². The normalized spacial score (nSPS) is 13.8. The maximum atomic E-state index is 12.8. The van der Waals surface area contributed by atoms with Gasteiger partial charge in [-0.3, -0.25) is 19.3 Å². The average molecular weight is 518 g/mol. The maximum absolute atomic E-state index is 12.8. The van der Waals surface area contributed by atoms with Crippen molar-refractivity contribution in [2.75, 3.05) is 11.9 Å². The van der Waals surface area contributed by atoms with Crippen LogP contribution in [-0.2, 0) is 14.3 Å². The van der Waals surface area contributed by atoms with E-state index in [0.29, 0.717) is 10.6 Å². The molecule has 168 valence electrons. The van der Waals surface area contributed by atoms with E-state index in [0.717, 1.165) is 11.1 Å². The molecule has 0 unspecified atom stereocenters. The number of ether oxygens (including phenoxy) is 1. The molecule has 1 atom stereocenters. The van der Waals surface area contributed by atoms with Gasteiger partial charge in [0.1, 0.15) is 6.04 Å². The molecule has 3 rings (SSSR count). The lowest BCUT2D eigenvalue weighted by Gasteiger charge is -2.21. The van der Waals surface area contributed by atoms with Crippen molar-refractivity contribution in [3.63, 3.8) is 0 Å². The number of aryl methyl sites for hydroxylation is 2. The Morgan fingerprint density at radius 1 is 0.969 bits per heavy atom. The van der Waals surface area contributed by atoms with Crippen LogP contribution in [0.2, 0.25) is 20.1 Å². The minimum Gasteiger partial charge on any atom is -0.454 e. The Labute approximate surface area is 203 Å². The Bertz CT molecular complexity index is 1130. The van der Waals surface area contributed by atoms with Crippen LogP contribution < -0.4 is 5.32 Å². The lowest BCUT2D eigenvalue weighted by Crippen LogP contribution is -2.44. The highest BCUT2D eigenvalue weighted by Gasteiger charge is 2.45. The molecule has 0 saturated carbocycles. The van der Waals surface area contributed by atoms with E-state index < -0.39 is 36.3 Å². The predicted molar refractivity (Wildman–Crippen MR) is 122 cm³/mol. The van der Waals surface area contributed by atoms with Crippen LogP contribution in [0.3, 0.4) is 0 Å². The number of hydrogen-bond donors (Lipinski definition) is 1. The summed E-state index contributed by atoms with van der Waals surface area (Å²) in [5.74, 6) is -3.30. The topological polar surface area (TPSA) is 92.8 Å². The summed E-state index contributed by atoms with van der Waals surface area (Å²) in [4.78, 5) is 50.9. The number of hydrogen-bond acceptors (Lipinski definition) is 5. The van der Waals surface area contributed by atoms with Gasteiger partial charge in [-0.1, -0.05) is 64.1 Å². The molecule has 0 spiro atoms. The van der Waals surface area contributed by atoms with Gasteiger partial charge in [0.2, 0.25) is 0 Å². The number of halogens is 4. The molecule has 0 aromatic heterocycles. The van der Waals surface area contributed by atoms with E-state index >= 15 is 0 Å². The van der Waals surface area contributed by atoms with E-state index in [1.165, 1.54) is 6.92 Å². The molecule has 0 bridgehead atoms. The second-order valence-electron chi connectivity index (χ2n) is 7.14. The smallest absolute Gasteiger partial charge is 0.329 e. The van der Waals surface area contributed by atoms with E-state index in [9.17, 15) is 19.2 Å². The van der Waals surface area contributed by atoms with Crippen molar-refractivity contribution in [2.45, 2.75) is 26.8 Å². The molecule has 1 aliphatic rings. The van der Waals surface area contributed by atoms with Crippen LogP contribution in [-0.4, -0.2) is 41.2 Å². The molecule has 2 aromatic rings. The lowest BCUT2D eigenvalue weighted by molar-refractivity contribution is -0.150. The first-order valence-corrected chi connectivity index (χ1v) is 10.7. The van der Waals surface area contributed by atoms with E-state index in [2.05, 4.69) is 5.32 Å². The summed E-state index contributed by atoms with van der Waals surface area (Å²) < 4.78 is 5.00. The first-order chi connectivity index (χ1) is 15.0. The zero-order chi connectivity index (χ0) is 23.9. The van der Waals surface area contributed by atoms with Gasteiger partial charge >= 0.3 is 5.97 Å². The molecule has 7 nitrogen and oxygen atoms in total.